The van der Waals surface area contributed by atoms with Crippen molar-refractivity contribution in [2.24, 2.45) is 11.8 Å². The van der Waals surface area contributed by atoms with Crippen LogP contribution >= 0.6 is 0 Å². The SMILES string of the molecule is CCN1CCc2oc(C(=O)N3CC(C)CC(C)C3)nc2C1.O=C(O)C(F)(F)F. The Bertz CT molecular complexity index is 695. The second-order valence-corrected chi connectivity index (χ2v) is 7.47. The molecule has 1 fully saturated rings. The summed E-state index contributed by atoms with van der Waals surface area (Å²) in [5.41, 5.74) is 0.949. The lowest BCUT2D eigenvalue weighted by molar-refractivity contribution is -0.192. The van der Waals surface area contributed by atoms with Crippen molar-refractivity contribution in [3.05, 3.63) is 17.3 Å². The van der Waals surface area contributed by atoms with Crippen LogP contribution in [0.4, 0.5) is 13.2 Å². The van der Waals surface area contributed by atoms with Gasteiger partial charge < -0.3 is 14.4 Å². The number of halogens is 3. The van der Waals surface area contributed by atoms with Crippen molar-refractivity contribution in [1.82, 2.24) is 14.8 Å². The van der Waals surface area contributed by atoms with E-state index >= 15 is 0 Å². The topological polar surface area (TPSA) is 86.9 Å². The molecule has 3 rings (SSSR count). The van der Waals surface area contributed by atoms with E-state index in [4.69, 9.17) is 14.3 Å². The number of alkyl halides is 3. The fraction of sp³-hybridized carbons (Fsp3) is 0.722. The first-order valence-corrected chi connectivity index (χ1v) is 9.31. The highest BCUT2D eigenvalue weighted by Crippen LogP contribution is 2.24. The number of likely N-dealkylation sites (tertiary alicyclic amines) is 1. The van der Waals surface area contributed by atoms with Crippen LogP contribution in [0.1, 0.15) is 49.3 Å². The number of hydrogen-bond acceptors (Lipinski definition) is 5. The zero-order valence-electron chi connectivity index (χ0n) is 16.3. The molecule has 1 N–H and O–H groups in total. The second-order valence-electron chi connectivity index (χ2n) is 7.47. The number of carbonyl (C=O) groups is 2. The quantitative estimate of drug-likeness (QED) is 0.814. The van der Waals surface area contributed by atoms with Gasteiger partial charge in [0, 0.05) is 32.6 Å². The predicted octanol–water partition coefficient (Wildman–Crippen LogP) is 2.80. The molecule has 1 aromatic rings. The predicted molar refractivity (Wildman–Crippen MR) is 93.7 cm³/mol. The normalized spacial score (nSPS) is 22.9. The molecule has 0 spiro atoms. The average molecular weight is 405 g/mol. The molecule has 1 amide bonds. The van der Waals surface area contributed by atoms with E-state index in [0.29, 0.717) is 17.7 Å². The van der Waals surface area contributed by atoms with Gasteiger partial charge >= 0.3 is 18.1 Å². The van der Waals surface area contributed by atoms with Gasteiger partial charge in [0.15, 0.2) is 0 Å². The van der Waals surface area contributed by atoms with Gasteiger partial charge in [-0.05, 0) is 24.8 Å². The molecule has 2 unspecified atom stereocenters. The molecule has 1 saturated heterocycles. The molecule has 0 aliphatic carbocycles. The minimum Gasteiger partial charge on any atom is -0.475 e. The van der Waals surface area contributed by atoms with E-state index in [1.807, 2.05) is 4.90 Å². The minimum atomic E-state index is -5.08. The monoisotopic (exact) mass is 405 g/mol. The highest BCUT2D eigenvalue weighted by molar-refractivity contribution is 5.89. The number of fused-ring (bicyclic) bond motifs is 1. The van der Waals surface area contributed by atoms with Crippen LogP contribution in [-0.2, 0) is 17.8 Å². The molecule has 2 aliphatic heterocycles. The first-order chi connectivity index (χ1) is 13.0. The minimum absolute atomic E-state index is 0.0363. The largest absolute Gasteiger partial charge is 0.490 e. The number of aliphatic carboxylic acids is 1. The summed E-state index contributed by atoms with van der Waals surface area (Å²) < 4.78 is 37.5. The zero-order valence-corrected chi connectivity index (χ0v) is 16.3. The van der Waals surface area contributed by atoms with Crippen LogP contribution in [0.3, 0.4) is 0 Å². The number of rotatable bonds is 2. The summed E-state index contributed by atoms with van der Waals surface area (Å²) in [5.74, 6) is -0.491. The summed E-state index contributed by atoms with van der Waals surface area (Å²) in [4.78, 5) is 30.2. The van der Waals surface area contributed by atoms with Crippen molar-refractivity contribution in [2.45, 2.75) is 46.3 Å². The summed E-state index contributed by atoms with van der Waals surface area (Å²) in [6, 6.07) is 0. The second kappa shape index (κ2) is 8.93. The number of likely N-dealkylation sites (N-methyl/N-ethyl adjacent to an activating group) is 1. The van der Waals surface area contributed by atoms with Crippen LogP contribution in [0, 0.1) is 11.8 Å². The van der Waals surface area contributed by atoms with Crippen molar-refractivity contribution in [2.75, 3.05) is 26.2 Å². The Morgan fingerprint density at radius 1 is 1.25 bits per heavy atom. The van der Waals surface area contributed by atoms with Gasteiger partial charge in [-0.2, -0.15) is 13.2 Å². The van der Waals surface area contributed by atoms with Crippen LogP contribution in [0.5, 0.6) is 0 Å². The molecule has 158 valence electrons. The van der Waals surface area contributed by atoms with Crippen LogP contribution in [0.25, 0.3) is 0 Å². The molecule has 0 saturated carbocycles. The lowest BCUT2D eigenvalue weighted by Crippen LogP contribution is -2.42. The smallest absolute Gasteiger partial charge is 0.475 e. The van der Waals surface area contributed by atoms with E-state index in [-0.39, 0.29) is 5.91 Å². The molecule has 10 heteroatoms. The van der Waals surface area contributed by atoms with Gasteiger partial charge in [-0.15, -0.1) is 0 Å². The lowest BCUT2D eigenvalue weighted by atomic mass is 9.92. The molecule has 7 nitrogen and oxygen atoms in total. The zero-order chi connectivity index (χ0) is 21.1. The first-order valence-electron chi connectivity index (χ1n) is 9.31. The standard InChI is InChI=1S/C16H25N3O2.C2HF3O2/c1-4-18-6-5-14-13(10-18)17-15(21-14)16(20)19-8-11(2)7-12(3)9-19;3-2(4,5)1(6)7/h11-12H,4-10H2,1-3H3;(H,6,7). The Hall–Kier alpha value is -2.10. The Balaban J connectivity index is 0.000000345. The molecule has 2 atom stereocenters. The van der Waals surface area contributed by atoms with E-state index in [1.165, 1.54) is 6.42 Å². The highest BCUT2D eigenvalue weighted by atomic mass is 19.4. The molecule has 3 heterocycles. The number of hydrogen-bond donors (Lipinski definition) is 1. The number of amides is 1. The number of carboxylic acids is 1. The molecule has 2 aliphatic rings. The van der Waals surface area contributed by atoms with Gasteiger partial charge in [0.05, 0.1) is 5.69 Å². The summed E-state index contributed by atoms with van der Waals surface area (Å²) in [6.45, 7) is 11.0. The number of piperidine rings is 1. The van der Waals surface area contributed by atoms with E-state index < -0.39 is 12.1 Å². The van der Waals surface area contributed by atoms with Crippen LogP contribution < -0.4 is 0 Å². The van der Waals surface area contributed by atoms with Crippen LogP contribution in [0.15, 0.2) is 4.42 Å². The fourth-order valence-corrected chi connectivity index (χ4v) is 3.58. The summed E-state index contributed by atoms with van der Waals surface area (Å²) in [7, 11) is 0. The van der Waals surface area contributed by atoms with Crippen molar-refractivity contribution < 1.29 is 32.3 Å². The fourth-order valence-electron chi connectivity index (χ4n) is 3.58. The number of aromatic nitrogens is 1. The van der Waals surface area contributed by atoms with Gasteiger partial charge in [0.2, 0.25) is 0 Å². The van der Waals surface area contributed by atoms with Gasteiger partial charge in [0.25, 0.3) is 5.89 Å². The Morgan fingerprint density at radius 2 is 1.82 bits per heavy atom. The summed E-state index contributed by atoms with van der Waals surface area (Å²) in [6.07, 6.45) is -3.03. The van der Waals surface area contributed by atoms with Crippen molar-refractivity contribution in [3.8, 4) is 0 Å². The Kier molecular flexibility index (Phi) is 7.08. The third-order valence-electron chi connectivity index (χ3n) is 4.84. The van der Waals surface area contributed by atoms with E-state index in [1.54, 1.807) is 0 Å². The molecular formula is C18H26F3N3O4. The van der Waals surface area contributed by atoms with Gasteiger partial charge in [0.1, 0.15) is 5.76 Å². The molecule has 28 heavy (non-hydrogen) atoms. The van der Waals surface area contributed by atoms with Gasteiger partial charge in [-0.1, -0.05) is 20.8 Å². The van der Waals surface area contributed by atoms with Crippen molar-refractivity contribution >= 4 is 11.9 Å². The lowest BCUT2D eigenvalue weighted by Gasteiger charge is -2.34. The third kappa shape index (κ3) is 5.70. The maximum Gasteiger partial charge on any atom is 0.490 e. The van der Waals surface area contributed by atoms with Crippen LogP contribution in [0.2, 0.25) is 0 Å². The highest BCUT2D eigenvalue weighted by Gasteiger charge is 2.38. The first kappa shape index (κ1) is 22.2. The van der Waals surface area contributed by atoms with E-state index in [9.17, 15) is 18.0 Å². The van der Waals surface area contributed by atoms with Gasteiger partial charge in [-0.3, -0.25) is 9.69 Å². The summed E-state index contributed by atoms with van der Waals surface area (Å²) >= 11 is 0. The van der Waals surface area contributed by atoms with Gasteiger partial charge in [-0.25, -0.2) is 9.78 Å². The molecule has 0 radical (unpaired) electrons. The molecule has 1 aromatic heterocycles. The Morgan fingerprint density at radius 3 is 2.32 bits per heavy atom. The van der Waals surface area contributed by atoms with Crippen molar-refractivity contribution in [1.29, 1.82) is 0 Å². The number of carbonyl (C=O) groups excluding carboxylic acids is 1. The maximum atomic E-state index is 12.6. The number of nitrogens with zero attached hydrogens (tertiary/aromatic N) is 3. The van der Waals surface area contributed by atoms with E-state index in [0.717, 1.165) is 50.6 Å². The summed E-state index contributed by atoms with van der Waals surface area (Å²) in [5, 5.41) is 7.12. The molecular weight excluding hydrogens is 379 g/mol. The molecule has 0 bridgehead atoms. The Labute approximate surface area is 161 Å². The van der Waals surface area contributed by atoms with E-state index in [2.05, 4.69) is 30.7 Å². The maximum absolute atomic E-state index is 12.6. The van der Waals surface area contributed by atoms with Crippen LogP contribution in [-0.4, -0.2) is 64.1 Å². The number of oxazole rings is 1. The van der Waals surface area contributed by atoms with Crippen molar-refractivity contribution in [3.63, 3.8) is 0 Å². The molecule has 0 aromatic carbocycles. The third-order valence-corrected chi connectivity index (χ3v) is 4.84. The average Bonchev–Trinajstić information content (AvgIpc) is 3.02. The number of carboxylic acid groups (broad SMARTS) is 1.